The maximum atomic E-state index is 13.1. The van der Waals surface area contributed by atoms with Gasteiger partial charge < -0.3 is 15.0 Å². The van der Waals surface area contributed by atoms with Crippen molar-refractivity contribution < 1.29 is 19.1 Å². The van der Waals surface area contributed by atoms with Crippen LogP contribution < -0.4 is 5.32 Å². The summed E-state index contributed by atoms with van der Waals surface area (Å²) in [5.74, 6) is -0.469. The van der Waals surface area contributed by atoms with E-state index in [0.717, 1.165) is 0 Å². The molecule has 1 saturated heterocycles. The molecule has 2 heterocycles. The van der Waals surface area contributed by atoms with E-state index in [2.05, 4.69) is 10.2 Å². The van der Waals surface area contributed by atoms with E-state index in [4.69, 9.17) is 27.9 Å². The molecule has 0 aliphatic carbocycles. The molecule has 2 aliphatic rings. The number of likely N-dealkylation sites (N-methyl/N-ethyl adjacent to an activating group) is 1. The molecule has 1 unspecified atom stereocenters. The molecule has 3 amide bonds. The Morgan fingerprint density at radius 3 is 2.44 bits per heavy atom. The van der Waals surface area contributed by atoms with Gasteiger partial charge in [-0.15, -0.1) is 0 Å². The van der Waals surface area contributed by atoms with Gasteiger partial charge in [-0.2, -0.15) is 0 Å². The highest BCUT2D eigenvalue weighted by molar-refractivity contribution is 6.42. The fraction of sp³-hybridized carbons (Fsp3) is 0.500. The number of benzene rings is 1. The van der Waals surface area contributed by atoms with Crippen LogP contribution in [0.3, 0.4) is 0 Å². The van der Waals surface area contributed by atoms with E-state index in [9.17, 15) is 14.4 Å². The predicted octanol–water partition coefficient (Wildman–Crippen LogP) is 3.06. The number of rotatable bonds is 6. The predicted molar refractivity (Wildman–Crippen MR) is 122 cm³/mol. The molecule has 1 aromatic carbocycles. The van der Waals surface area contributed by atoms with Gasteiger partial charge in [-0.05, 0) is 25.5 Å². The highest BCUT2D eigenvalue weighted by Gasteiger charge is 2.39. The summed E-state index contributed by atoms with van der Waals surface area (Å²) >= 11 is 12.7. The highest BCUT2D eigenvalue weighted by Crippen LogP contribution is 2.37. The van der Waals surface area contributed by atoms with E-state index in [1.807, 2.05) is 6.92 Å². The largest absolute Gasteiger partial charge is 0.463 e. The van der Waals surface area contributed by atoms with E-state index < -0.39 is 12.0 Å². The molecule has 32 heavy (non-hydrogen) atoms. The Bertz CT molecular complexity index is 929. The molecule has 0 saturated carbocycles. The first-order valence-corrected chi connectivity index (χ1v) is 11.4. The van der Waals surface area contributed by atoms with Gasteiger partial charge in [0, 0.05) is 51.9 Å². The normalized spacial score (nSPS) is 19.8. The van der Waals surface area contributed by atoms with Crippen LogP contribution in [0.4, 0.5) is 4.79 Å². The number of ether oxygens (including phenoxy) is 1. The van der Waals surface area contributed by atoms with E-state index in [1.165, 1.54) is 0 Å². The quantitative estimate of drug-likeness (QED) is 0.630. The van der Waals surface area contributed by atoms with Crippen molar-refractivity contribution in [3.63, 3.8) is 0 Å². The molecule has 1 atom stereocenters. The molecule has 0 spiro atoms. The standard InChI is InChI=1S/C22H28Cl2N4O4/c1-4-28-17(13-26-9-11-27(12-10-26)14(3)29)18(21(30)32-5-2)20(25-22(28)31)15-7-6-8-16(23)19(15)24/h6-8,20H,4-5,9-13H2,1-3H3,(H,25,31). The van der Waals surface area contributed by atoms with Crippen LogP contribution in [0.1, 0.15) is 32.4 Å². The molecule has 10 heteroatoms. The van der Waals surface area contributed by atoms with Crippen molar-refractivity contribution in [3.05, 3.63) is 45.1 Å². The zero-order valence-corrected chi connectivity index (χ0v) is 20.0. The van der Waals surface area contributed by atoms with E-state index in [1.54, 1.807) is 41.8 Å². The zero-order valence-electron chi connectivity index (χ0n) is 18.5. The summed E-state index contributed by atoms with van der Waals surface area (Å²) in [4.78, 5) is 43.3. The zero-order chi connectivity index (χ0) is 23.4. The molecule has 2 aliphatic heterocycles. The molecular formula is C22H28Cl2N4O4. The number of halogens is 2. The van der Waals surface area contributed by atoms with Gasteiger partial charge in [-0.1, -0.05) is 35.3 Å². The third-order valence-electron chi connectivity index (χ3n) is 5.73. The van der Waals surface area contributed by atoms with Crippen LogP contribution >= 0.6 is 23.2 Å². The minimum atomic E-state index is -0.788. The molecule has 1 N–H and O–H groups in total. The number of urea groups is 1. The number of carbonyl (C=O) groups excluding carboxylic acids is 3. The summed E-state index contributed by atoms with van der Waals surface area (Å²) in [5, 5.41) is 3.51. The topological polar surface area (TPSA) is 82.2 Å². The van der Waals surface area contributed by atoms with Crippen molar-refractivity contribution in [3.8, 4) is 0 Å². The summed E-state index contributed by atoms with van der Waals surface area (Å²) in [6.07, 6.45) is 0. The average molecular weight is 483 g/mol. The SMILES string of the molecule is CCOC(=O)C1=C(CN2CCN(C(C)=O)CC2)N(CC)C(=O)NC1c1cccc(Cl)c1Cl. The van der Waals surface area contributed by atoms with Crippen LogP contribution in [0.5, 0.6) is 0 Å². The lowest BCUT2D eigenvalue weighted by atomic mass is 9.94. The summed E-state index contributed by atoms with van der Waals surface area (Å²) in [6.45, 7) is 8.56. The molecule has 0 bridgehead atoms. The van der Waals surface area contributed by atoms with Crippen LogP contribution in [0.15, 0.2) is 29.5 Å². The first-order valence-electron chi connectivity index (χ1n) is 10.7. The highest BCUT2D eigenvalue weighted by atomic mass is 35.5. The van der Waals surface area contributed by atoms with Crippen LogP contribution in [-0.4, -0.2) is 78.5 Å². The third kappa shape index (κ3) is 5.03. The van der Waals surface area contributed by atoms with Gasteiger partial charge >= 0.3 is 12.0 Å². The lowest BCUT2D eigenvalue weighted by Gasteiger charge is -2.40. The second-order valence-corrected chi connectivity index (χ2v) is 8.42. The molecule has 3 rings (SSSR count). The molecule has 174 valence electrons. The Morgan fingerprint density at radius 1 is 1.16 bits per heavy atom. The second-order valence-electron chi connectivity index (χ2n) is 7.63. The number of hydrogen-bond acceptors (Lipinski definition) is 5. The summed E-state index contributed by atoms with van der Waals surface area (Å²) < 4.78 is 5.38. The van der Waals surface area contributed by atoms with Crippen LogP contribution in [0.2, 0.25) is 10.0 Å². The van der Waals surface area contributed by atoms with Crippen LogP contribution in [-0.2, 0) is 14.3 Å². The van der Waals surface area contributed by atoms with Crippen molar-refractivity contribution in [2.45, 2.75) is 26.8 Å². The van der Waals surface area contributed by atoms with Gasteiger partial charge in [0.05, 0.1) is 28.3 Å². The number of amides is 3. The third-order valence-corrected chi connectivity index (χ3v) is 6.57. The molecule has 8 nitrogen and oxygen atoms in total. The lowest BCUT2D eigenvalue weighted by molar-refractivity contribution is -0.139. The minimum absolute atomic E-state index is 0.0407. The number of esters is 1. The molecule has 1 fully saturated rings. The van der Waals surface area contributed by atoms with Crippen LogP contribution in [0.25, 0.3) is 0 Å². The van der Waals surface area contributed by atoms with E-state index in [-0.39, 0.29) is 23.6 Å². The summed E-state index contributed by atoms with van der Waals surface area (Å²) in [5.41, 5.74) is 1.45. The monoisotopic (exact) mass is 482 g/mol. The van der Waals surface area contributed by atoms with E-state index in [0.29, 0.717) is 61.1 Å². The van der Waals surface area contributed by atoms with Gasteiger partial charge in [-0.3, -0.25) is 14.6 Å². The van der Waals surface area contributed by atoms with Gasteiger partial charge in [0.25, 0.3) is 0 Å². The van der Waals surface area contributed by atoms with Gasteiger partial charge in [0.2, 0.25) is 5.91 Å². The number of hydrogen-bond donors (Lipinski definition) is 1. The Hall–Kier alpha value is -2.29. The molecule has 0 radical (unpaired) electrons. The molecule has 1 aromatic rings. The van der Waals surface area contributed by atoms with Crippen molar-refractivity contribution in [2.75, 3.05) is 45.9 Å². The number of carbonyl (C=O) groups is 3. The molecular weight excluding hydrogens is 455 g/mol. The second kappa shape index (κ2) is 10.6. The van der Waals surface area contributed by atoms with Crippen molar-refractivity contribution in [1.29, 1.82) is 0 Å². The Labute approximate surface area is 198 Å². The van der Waals surface area contributed by atoms with Crippen molar-refractivity contribution in [1.82, 2.24) is 20.0 Å². The minimum Gasteiger partial charge on any atom is -0.463 e. The number of nitrogens with one attached hydrogen (secondary N) is 1. The molecule has 0 aromatic heterocycles. The van der Waals surface area contributed by atoms with Crippen molar-refractivity contribution >= 4 is 41.1 Å². The Balaban J connectivity index is 2.04. The van der Waals surface area contributed by atoms with Gasteiger partial charge in [-0.25, -0.2) is 9.59 Å². The number of nitrogens with zero attached hydrogens (tertiary/aromatic N) is 3. The van der Waals surface area contributed by atoms with Gasteiger partial charge in [0.1, 0.15) is 0 Å². The number of piperazine rings is 1. The first-order chi connectivity index (χ1) is 15.3. The smallest absolute Gasteiger partial charge is 0.338 e. The Morgan fingerprint density at radius 2 is 1.84 bits per heavy atom. The fourth-order valence-electron chi connectivity index (χ4n) is 4.07. The maximum Gasteiger partial charge on any atom is 0.338 e. The van der Waals surface area contributed by atoms with E-state index >= 15 is 0 Å². The van der Waals surface area contributed by atoms with Gasteiger partial charge in [0.15, 0.2) is 0 Å². The maximum absolute atomic E-state index is 13.1. The summed E-state index contributed by atoms with van der Waals surface area (Å²) in [7, 11) is 0. The average Bonchev–Trinajstić information content (AvgIpc) is 2.76. The Kier molecular flexibility index (Phi) is 8.03. The summed E-state index contributed by atoms with van der Waals surface area (Å²) in [6, 6.07) is 4.01. The fourth-order valence-corrected chi connectivity index (χ4v) is 4.48. The first kappa shape index (κ1) is 24.4. The lowest BCUT2D eigenvalue weighted by Crippen LogP contribution is -2.53. The van der Waals surface area contributed by atoms with Crippen molar-refractivity contribution in [2.24, 2.45) is 0 Å². The van der Waals surface area contributed by atoms with Crippen LogP contribution in [0, 0.1) is 0 Å².